The molecule has 0 fully saturated rings. The quantitative estimate of drug-likeness (QED) is 0.785. The minimum atomic E-state index is -0.473. The molecular formula is C9H14N2O3. The Bertz CT molecular complexity index is 288. The van der Waals surface area contributed by atoms with E-state index in [4.69, 9.17) is 4.74 Å². The molecule has 0 unspecified atom stereocenters. The summed E-state index contributed by atoms with van der Waals surface area (Å²) in [5.41, 5.74) is 0.328. The van der Waals surface area contributed by atoms with E-state index in [1.54, 1.807) is 0 Å². The van der Waals surface area contributed by atoms with Crippen LogP contribution in [0.25, 0.3) is 0 Å². The standard InChI is InChI=1S/C9H14N2O3/c1-9(2,3)14-8(12)10-4-7-5-11-13-6-7/h5-6H,4H2,1-3H3,(H,10,12). The summed E-state index contributed by atoms with van der Waals surface area (Å²) in [5, 5.41) is 6.09. The molecule has 0 bridgehead atoms. The van der Waals surface area contributed by atoms with Crippen LogP contribution in [-0.2, 0) is 11.3 Å². The van der Waals surface area contributed by atoms with Crippen molar-refractivity contribution in [3.8, 4) is 0 Å². The Morgan fingerprint density at radius 3 is 2.86 bits per heavy atom. The van der Waals surface area contributed by atoms with Gasteiger partial charge in [0.1, 0.15) is 11.9 Å². The van der Waals surface area contributed by atoms with Crippen LogP contribution in [0.2, 0.25) is 0 Å². The van der Waals surface area contributed by atoms with Crippen LogP contribution < -0.4 is 5.32 Å². The lowest BCUT2D eigenvalue weighted by Gasteiger charge is -2.19. The fraction of sp³-hybridized carbons (Fsp3) is 0.556. The maximum atomic E-state index is 11.2. The number of nitrogens with one attached hydrogen (secondary N) is 1. The minimum Gasteiger partial charge on any atom is -0.444 e. The molecule has 1 aromatic heterocycles. The highest BCUT2D eigenvalue weighted by Gasteiger charge is 2.15. The maximum absolute atomic E-state index is 11.2. The number of aromatic nitrogens is 1. The van der Waals surface area contributed by atoms with Crippen molar-refractivity contribution in [2.24, 2.45) is 0 Å². The van der Waals surface area contributed by atoms with E-state index in [1.807, 2.05) is 20.8 Å². The molecule has 1 amide bonds. The highest BCUT2D eigenvalue weighted by molar-refractivity contribution is 5.67. The summed E-state index contributed by atoms with van der Waals surface area (Å²) in [6.45, 7) is 5.79. The molecule has 0 aliphatic carbocycles. The molecule has 0 saturated heterocycles. The fourth-order valence-corrected chi connectivity index (χ4v) is 0.802. The molecule has 1 aromatic rings. The number of ether oxygens (including phenoxy) is 1. The molecule has 1 rings (SSSR count). The lowest BCUT2D eigenvalue weighted by Crippen LogP contribution is -2.32. The van der Waals surface area contributed by atoms with Crippen molar-refractivity contribution in [1.29, 1.82) is 0 Å². The fourth-order valence-electron chi connectivity index (χ4n) is 0.802. The average Bonchev–Trinajstić information content (AvgIpc) is 2.49. The number of rotatable bonds is 2. The maximum Gasteiger partial charge on any atom is 0.407 e. The van der Waals surface area contributed by atoms with Gasteiger partial charge in [0.25, 0.3) is 0 Å². The molecule has 0 radical (unpaired) electrons. The van der Waals surface area contributed by atoms with E-state index in [0.717, 1.165) is 5.56 Å². The third kappa shape index (κ3) is 3.93. The average molecular weight is 198 g/mol. The van der Waals surface area contributed by atoms with Crippen LogP contribution in [-0.4, -0.2) is 16.9 Å². The molecule has 0 atom stereocenters. The number of alkyl carbamates (subject to hydrolysis) is 1. The van der Waals surface area contributed by atoms with Gasteiger partial charge in [-0.05, 0) is 20.8 Å². The second-order valence-electron chi connectivity index (χ2n) is 3.89. The van der Waals surface area contributed by atoms with E-state index >= 15 is 0 Å². The molecule has 1 heterocycles. The van der Waals surface area contributed by atoms with E-state index in [0.29, 0.717) is 6.54 Å². The third-order valence-corrected chi connectivity index (χ3v) is 1.32. The van der Waals surface area contributed by atoms with Gasteiger partial charge in [0.15, 0.2) is 0 Å². The Hall–Kier alpha value is -1.52. The first-order chi connectivity index (χ1) is 6.47. The predicted octanol–water partition coefficient (Wildman–Crippen LogP) is 1.70. The van der Waals surface area contributed by atoms with Crippen molar-refractivity contribution in [2.75, 3.05) is 0 Å². The van der Waals surface area contributed by atoms with E-state index in [2.05, 4.69) is 15.0 Å². The summed E-state index contributed by atoms with van der Waals surface area (Å²) < 4.78 is 9.64. The second kappa shape index (κ2) is 4.13. The van der Waals surface area contributed by atoms with Gasteiger partial charge in [-0.2, -0.15) is 0 Å². The summed E-state index contributed by atoms with van der Waals surface area (Å²) in [4.78, 5) is 11.2. The van der Waals surface area contributed by atoms with Crippen molar-refractivity contribution in [2.45, 2.75) is 32.9 Å². The zero-order chi connectivity index (χ0) is 10.6. The molecule has 0 aliphatic heterocycles. The number of nitrogens with zero attached hydrogens (tertiary/aromatic N) is 1. The van der Waals surface area contributed by atoms with E-state index in [1.165, 1.54) is 12.5 Å². The smallest absolute Gasteiger partial charge is 0.407 e. The van der Waals surface area contributed by atoms with Crippen molar-refractivity contribution >= 4 is 6.09 Å². The Morgan fingerprint density at radius 2 is 2.36 bits per heavy atom. The molecule has 0 aromatic carbocycles. The SMILES string of the molecule is CC(C)(C)OC(=O)NCc1cnoc1. The summed E-state index contributed by atoms with van der Waals surface area (Å²) in [5.74, 6) is 0. The highest BCUT2D eigenvalue weighted by Crippen LogP contribution is 2.06. The molecule has 78 valence electrons. The van der Waals surface area contributed by atoms with Gasteiger partial charge in [-0.25, -0.2) is 4.79 Å². The molecule has 14 heavy (non-hydrogen) atoms. The first-order valence-electron chi connectivity index (χ1n) is 4.32. The van der Waals surface area contributed by atoms with Crippen LogP contribution in [0.4, 0.5) is 4.79 Å². The van der Waals surface area contributed by atoms with Crippen molar-refractivity contribution in [1.82, 2.24) is 10.5 Å². The van der Waals surface area contributed by atoms with Gasteiger partial charge in [0, 0.05) is 5.56 Å². The molecular weight excluding hydrogens is 184 g/mol. The molecule has 0 spiro atoms. The first kappa shape index (κ1) is 10.6. The summed E-state index contributed by atoms with van der Waals surface area (Å²) >= 11 is 0. The van der Waals surface area contributed by atoms with Crippen LogP contribution in [0.3, 0.4) is 0 Å². The topological polar surface area (TPSA) is 64.4 Å². The van der Waals surface area contributed by atoms with E-state index in [9.17, 15) is 4.79 Å². The number of carbonyl (C=O) groups is 1. The predicted molar refractivity (Wildman–Crippen MR) is 49.6 cm³/mol. The van der Waals surface area contributed by atoms with Gasteiger partial charge in [-0.3, -0.25) is 0 Å². The van der Waals surface area contributed by atoms with E-state index in [-0.39, 0.29) is 0 Å². The number of hydrogen-bond donors (Lipinski definition) is 1. The third-order valence-electron chi connectivity index (χ3n) is 1.32. The molecule has 1 N–H and O–H groups in total. The number of hydrogen-bond acceptors (Lipinski definition) is 4. The largest absolute Gasteiger partial charge is 0.444 e. The van der Waals surface area contributed by atoms with Gasteiger partial charge in [0.05, 0.1) is 12.7 Å². The lowest BCUT2D eigenvalue weighted by molar-refractivity contribution is 0.0523. The van der Waals surface area contributed by atoms with Crippen LogP contribution in [0.5, 0.6) is 0 Å². The summed E-state index contributed by atoms with van der Waals surface area (Å²) in [6, 6.07) is 0. The normalized spacial score (nSPS) is 11.1. The van der Waals surface area contributed by atoms with Gasteiger partial charge < -0.3 is 14.6 Å². The summed E-state index contributed by atoms with van der Waals surface area (Å²) in [7, 11) is 0. The lowest BCUT2D eigenvalue weighted by atomic mass is 10.2. The van der Waals surface area contributed by atoms with E-state index < -0.39 is 11.7 Å². The van der Waals surface area contributed by atoms with Gasteiger partial charge in [-0.1, -0.05) is 5.16 Å². The van der Waals surface area contributed by atoms with Gasteiger partial charge in [0.2, 0.25) is 0 Å². The van der Waals surface area contributed by atoms with Crippen molar-refractivity contribution in [3.05, 3.63) is 18.0 Å². The van der Waals surface area contributed by atoms with Crippen LogP contribution in [0.15, 0.2) is 17.0 Å². The molecule has 0 saturated carbocycles. The number of carbonyl (C=O) groups excluding carboxylic acids is 1. The van der Waals surface area contributed by atoms with Crippen LogP contribution >= 0.6 is 0 Å². The molecule has 5 heteroatoms. The Balaban J connectivity index is 2.29. The molecule has 5 nitrogen and oxygen atoms in total. The number of amides is 1. The van der Waals surface area contributed by atoms with Crippen LogP contribution in [0.1, 0.15) is 26.3 Å². The van der Waals surface area contributed by atoms with Gasteiger partial charge in [-0.15, -0.1) is 0 Å². The Labute approximate surface area is 82.4 Å². The first-order valence-corrected chi connectivity index (χ1v) is 4.32. The monoisotopic (exact) mass is 198 g/mol. The molecule has 0 aliphatic rings. The highest BCUT2D eigenvalue weighted by atomic mass is 16.6. The Morgan fingerprint density at radius 1 is 1.64 bits per heavy atom. The zero-order valence-electron chi connectivity index (χ0n) is 8.53. The second-order valence-corrected chi connectivity index (χ2v) is 3.89. The van der Waals surface area contributed by atoms with Crippen molar-refractivity contribution < 1.29 is 14.1 Å². The van der Waals surface area contributed by atoms with Crippen LogP contribution in [0, 0.1) is 0 Å². The van der Waals surface area contributed by atoms with Gasteiger partial charge >= 0.3 is 6.09 Å². The minimum absolute atomic E-state index is 0.360. The zero-order valence-corrected chi connectivity index (χ0v) is 8.53. The summed E-state index contributed by atoms with van der Waals surface area (Å²) in [6.07, 6.45) is 2.56. The Kier molecular flexibility index (Phi) is 3.11. The van der Waals surface area contributed by atoms with Crippen molar-refractivity contribution in [3.63, 3.8) is 0 Å².